The lowest BCUT2D eigenvalue weighted by Gasteiger charge is -2.28. The van der Waals surface area contributed by atoms with E-state index in [1.807, 2.05) is 24.3 Å². The molecule has 2 aliphatic carbocycles. The van der Waals surface area contributed by atoms with Crippen LogP contribution in [0.4, 0.5) is 0 Å². The topological polar surface area (TPSA) is 174 Å². The number of carbonyl (C=O) groups is 2. The van der Waals surface area contributed by atoms with Gasteiger partial charge in [-0.25, -0.2) is 9.59 Å². The molecular weight excluding hydrogens is 897 g/mol. The molecule has 370 valence electrons. The first-order valence-electron chi connectivity index (χ1n) is 24.5. The van der Waals surface area contributed by atoms with E-state index in [-0.39, 0.29) is 62.8 Å². The number of rotatable bonds is 24. The third-order valence-electron chi connectivity index (χ3n) is 13.0. The zero-order valence-corrected chi connectivity index (χ0v) is 39.3. The number of benzene rings is 5. The molecule has 0 spiro atoms. The molecule has 4 aliphatic rings. The van der Waals surface area contributed by atoms with Crippen LogP contribution in [0, 0.1) is 0 Å². The molecule has 2 saturated heterocycles. The summed E-state index contributed by atoms with van der Waals surface area (Å²) in [5, 5.41) is 21.1. The van der Waals surface area contributed by atoms with Crippen LogP contribution >= 0.6 is 0 Å². The van der Waals surface area contributed by atoms with E-state index in [9.17, 15) is 19.8 Å². The Morgan fingerprint density at radius 2 is 0.686 bits per heavy atom. The molecule has 4 fully saturated rings. The molecule has 4 atom stereocenters. The van der Waals surface area contributed by atoms with Gasteiger partial charge in [0.1, 0.15) is 111 Å². The van der Waals surface area contributed by atoms with Crippen LogP contribution in [0.3, 0.4) is 0 Å². The van der Waals surface area contributed by atoms with Crippen molar-refractivity contribution >= 4 is 11.9 Å². The second kappa shape index (κ2) is 24.0. The average Bonchev–Trinajstić information content (AvgIpc) is 4.36. The Morgan fingerprint density at radius 1 is 0.414 bits per heavy atom. The van der Waals surface area contributed by atoms with E-state index in [1.54, 1.807) is 72.8 Å². The first-order chi connectivity index (χ1) is 34.2. The Bertz CT molecular complexity index is 2210. The highest BCUT2D eigenvalue weighted by atomic mass is 16.6. The summed E-state index contributed by atoms with van der Waals surface area (Å²) in [4.78, 5) is 25.5. The molecule has 2 saturated carbocycles. The number of carbonyl (C=O) groups excluding carboxylic acids is 2. The third kappa shape index (κ3) is 14.8. The van der Waals surface area contributed by atoms with Crippen LogP contribution in [0.15, 0.2) is 121 Å². The Kier molecular flexibility index (Phi) is 16.7. The van der Waals surface area contributed by atoms with Gasteiger partial charge in [-0.2, -0.15) is 0 Å². The van der Waals surface area contributed by atoms with E-state index in [1.165, 1.54) is 11.1 Å². The summed E-state index contributed by atoms with van der Waals surface area (Å²) >= 11 is 0. The largest absolute Gasteiger partial charge is 0.491 e. The van der Waals surface area contributed by atoms with Crippen LogP contribution in [-0.2, 0) is 18.9 Å². The normalized spacial score (nSPS) is 22.4. The Morgan fingerprint density at radius 3 is 0.986 bits per heavy atom. The zero-order valence-electron chi connectivity index (χ0n) is 39.3. The minimum absolute atomic E-state index is 0.0435. The highest BCUT2D eigenvalue weighted by molar-refractivity contribution is 5.90. The van der Waals surface area contributed by atoms with Gasteiger partial charge in [0, 0.05) is 0 Å². The maximum Gasteiger partial charge on any atom is 0.338 e. The van der Waals surface area contributed by atoms with Gasteiger partial charge in [0.2, 0.25) is 0 Å². The lowest BCUT2D eigenvalue weighted by atomic mass is 9.83. The predicted molar refractivity (Wildman–Crippen MR) is 257 cm³/mol. The maximum absolute atomic E-state index is 12.8. The molecule has 0 bridgehead atoms. The van der Waals surface area contributed by atoms with Crippen molar-refractivity contribution in [3.8, 4) is 34.5 Å². The molecule has 2 heterocycles. The number of hydrogen-bond donors (Lipinski definition) is 2. The number of esters is 2. The number of ether oxygens (including phenoxy) is 10. The van der Waals surface area contributed by atoms with Crippen LogP contribution in [0.25, 0.3) is 0 Å². The van der Waals surface area contributed by atoms with Crippen LogP contribution in [0.5, 0.6) is 34.5 Å². The van der Waals surface area contributed by atoms with Crippen molar-refractivity contribution in [3.05, 3.63) is 144 Å². The lowest BCUT2D eigenvalue weighted by molar-refractivity contribution is 0.0186. The summed E-state index contributed by atoms with van der Waals surface area (Å²) in [5.74, 6) is 3.98. The smallest absolute Gasteiger partial charge is 0.338 e. The Hall–Kier alpha value is -6.32. The molecule has 14 nitrogen and oxygen atoms in total. The second-order valence-corrected chi connectivity index (χ2v) is 18.5. The monoisotopic (exact) mass is 958 g/mol. The molecule has 0 aromatic heterocycles. The molecule has 2 aliphatic heterocycles. The number of epoxide rings is 2. The highest BCUT2D eigenvalue weighted by Gasteiger charge is 2.28. The van der Waals surface area contributed by atoms with E-state index in [0.29, 0.717) is 70.7 Å². The molecular formula is C56H62O14. The lowest BCUT2D eigenvalue weighted by Crippen LogP contribution is -2.25. The van der Waals surface area contributed by atoms with Crippen molar-refractivity contribution in [3.63, 3.8) is 0 Å². The summed E-state index contributed by atoms with van der Waals surface area (Å²) in [7, 11) is 0. The van der Waals surface area contributed by atoms with Crippen molar-refractivity contribution < 1.29 is 67.2 Å². The van der Waals surface area contributed by atoms with E-state index >= 15 is 0 Å². The summed E-state index contributed by atoms with van der Waals surface area (Å²) in [6, 6.07) is 37.0. The summed E-state index contributed by atoms with van der Waals surface area (Å²) < 4.78 is 56.6. The molecule has 0 radical (unpaired) electrons. The zero-order chi connectivity index (χ0) is 48.1. The van der Waals surface area contributed by atoms with Gasteiger partial charge in [0.25, 0.3) is 0 Å². The number of aliphatic hydroxyl groups is 2. The maximum atomic E-state index is 12.8. The molecule has 4 unspecified atom stereocenters. The van der Waals surface area contributed by atoms with Crippen LogP contribution in [0.2, 0.25) is 0 Å². The third-order valence-corrected chi connectivity index (χ3v) is 13.0. The van der Waals surface area contributed by atoms with Crippen molar-refractivity contribution in [2.75, 3.05) is 52.9 Å². The fraction of sp³-hybridized carbons (Fsp3) is 0.429. The van der Waals surface area contributed by atoms with Gasteiger partial charge in [-0.1, -0.05) is 24.3 Å². The number of hydrogen-bond acceptors (Lipinski definition) is 14. The average molecular weight is 959 g/mol. The molecule has 5 aromatic rings. The Labute approximate surface area is 408 Å². The van der Waals surface area contributed by atoms with E-state index < -0.39 is 12.2 Å². The van der Waals surface area contributed by atoms with Gasteiger partial charge >= 0.3 is 11.9 Å². The van der Waals surface area contributed by atoms with Gasteiger partial charge < -0.3 is 57.6 Å². The standard InChI is InChI=1S/C56H62O14/c57-43(29-61-45-13-1-37(2-14-45)39-5-21-51(22-6-39)69-55(59)41-9-17-47(18-10-41)65-33-53-35-67-53)31-63-49-25-27-50(28-26-49)64-32-44(58)30-62-46-15-3-38(4-16-46)40-7-23-52(24-8-40)70-56(60)42-11-19-48(20-12-42)66-34-54-36-68-54/h1-4,9-20,25-28,39-40,43-44,51-54,57-58H,5-8,21-24,29-36H2. The van der Waals surface area contributed by atoms with Gasteiger partial charge in [-0.15, -0.1) is 0 Å². The van der Waals surface area contributed by atoms with Gasteiger partial charge in [0.15, 0.2) is 0 Å². The first-order valence-corrected chi connectivity index (χ1v) is 24.5. The first kappa shape index (κ1) is 48.7. The minimum atomic E-state index is -0.850. The van der Waals surface area contributed by atoms with E-state index in [0.717, 1.165) is 64.6 Å². The van der Waals surface area contributed by atoms with Crippen molar-refractivity contribution in [1.82, 2.24) is 0 Å². The predicted octanol–water partition coefficient (Wildman–Crippen LogP) is 8.65. The molecule has 5 aromatic carbocycles. The SMILES string of the molecule is O=C(OC1CCC(c2ccc(OCC(O)COc3ccc(OCC(O)COc4ccc(C5CCC(OC(=O)c6ccc(OCC7CO7)cc6)CC5)cc4)cc3)cc2)CC1)c1ccc(OCC2CO2)cc1. The molecule has 0 amide bonds. The number of aliphatic hydroxyl groups excluding tert-OH is 2. The van der Waals surface area contributed by atoms with E-state index in [4.69, 9.17) is 47.4 Å². The van der Waals surface area contributed by atoms with Crippen LogP contribution in [0.1, 0.15) is 95.0 Å². The summed E-state index contributed by atoms with van der Waals surface area (Å²) in [6.45, 7) is 2.73. The van der Waals surface area contributed by atoms with Gasteiger partial charge in [-0.3, -0.25) is 0 Å². The van der Waals surface area contributed by atoms with Gasteiger partial charge in [0.05, 0.1) is 24.3 Å². The Balaban J connectivity index is 0.604. The van der Waals surface area contributed by atoms with Crippen molar-refractivity contribution in [1.29, 1.82) is 0 Å². The van der Waals surface area contributed by atoms with Crippen LogP contribution < -0.4 is 28.4 Å². The quantitative estimate of drug-likeness (QED) is 0.0444. The second-order valence-electron chi connectivity index (χ2n) is 18.5. The van der Waals surface area contributed by atoms with Crippen molar-refractivity contribution in [2.24, 2.45) is 0 Å². The summed E-state index contributed by atoms with van der Waals surface area (Å²) in [6.07, 6.45) is 5.33. The summed E-state index contributed by atoms with van der Waals surface area (Å²) in [5.41, 5.74) is 3.46. The van der Waals surface area contributed by atoms with Crippen molar-refractivity contribution in [2.45, 2.75) is 99.8 Å². The van der Waals surface area contributed by atoms with E-state index in [2.05, 4.69) is 24.3 Å². The highest BCUT2D eigenvalue weighted by Crippen LogP contribution is 2.37. The molecule has 9 rings (SSSR count). The minimum Gasteiger partial charge on any atom is -0.491 e. The van der Waals surface area contributed by atoms with Gasteiger partial charge in [-0.05, 0) is 171 Å². The van der Waals surface area contributed by atoms with Crippen LogP contribution in [-0.4, -0.2) is 112 Å². The fourth-order valence-corrected chi connectivity index (χ4v) is 8.72. The molecule has 14 heteroatoms. The molecule has 2 N–H and O–H groups in total. The fourth-order valence-electron chi connectivity index (χ4n) is 8.72. The molecule has 70 heavy (non-hydrogen) atoms.